The van der Waals surface area contributed by atoms with E-state index >= 15 is 0 Å². The van der Waals surface area contributed by atoms with E-state index in [0.717, 1.165) is 10.8 Å². The molecule has 0 spiro atoms. The number of nitrogens with one attached hydrogen (secondary N) is 1. The topological polar surface area (TPSA) is 64.6 Å². The van der Waals surface area contributed by atoms with Crippen LogP contribution in [-0.2, 0) is 9.53 Å². The second-order valence-corrected chi connectivity index (χ2v) is 6.06. The number of rotatable bonds is 6. The second-order valence-electron chi connectivity index (χ2n) is 6.06. The third-order valence-electron chi connectivity index (χ3n) is 4.04. The van der Waals surface area contributed by atoms with Crippen LogP contribution < -0.4 is 10.1 Å². The summed E-state index contributed by atoms with van der Waals surface area (Å²) >= 11 is 0. The van der Waals surface area contributed by atoms with Crippen molar-refractivity contribution < 1.29 is 19.1 Å². The van der Waals surface area contributed by atoms with Crippen molar-refractivity contribution in [3.05, 3.63) is 72.3 Å². The molecule has 1 amide bonds. The zero-order valence-corrected chi connectivity index (χ0v) is 15.3. The molecule has 0 aliphatic heterocycles. The zero-order valence-electron chi connectivity index (χ0n) is 15.3. The summed E-state index contributed by atoms with van der Waals surface area (Å²) in [4.78, 5) is 24.2. The lowest BCUT2D eigenvalue weighted by Gasteiger charge is -2.15. The highest BCUT2D eigenvalue weighted by atomic mass is 16.5. The Balaban J connectivity index is 1.66. The average molecular weight is 363 g/mol. The number of anilines is 1. The van der Waals surface area contributed by atoms with E-state index in [0.29, 0.717) is 23.6 Å². The molecule has 3 rings (SSSR count). The third-order valence-corrected chi connectivity index (χ3v) is 4.04. The first-order valence-corrected chi connectivity index (χ1v) is 8.80. The van der Waals surface area contributed by atoms with Crippen LogP contribution in [0.1, 0.15) is 24.2 Å². The van der Waals surface area contributed by atoms with E-state index in [9.17, 15) is 9.59 Å². The summed E-state index contributed by atoms with van der Waals surface area (Å²) < 4.78 is 10.7. The predicted molar refractivity (Wildman–Crippen MR) is 105 cm³/mol. The molecule has 0 aliphatic carbocycles. The highest BCUT2D eigenvalue weighted by Gasteiger charge is 2.16. The summed E-state index contributed by atoms with van der Waals surface area (Å²) in [7, 11) is 0. The summed E-state index contributed by atoms with van der Waals surface area (Å²) in [5.74, 6) is -0.102. The van der Waals surface area contributed by atoms with E-state index in [4.69, 9.17) is 9.47 Å². The third kappa shape index (κ3) is 4.64. The van der Waals surface area contributed by atoms with E-state index in [1.165, 1.54) is 0 Å². The zero-order chi connectivity index (χ0) is 19.2. The molecule has 0 aromatic heterocycles. The largest absolute Gasteiger partial charge is 0.481 e. The molecule has 0 saturated heterocycles. The normalized spacial score (nSPS) is 11.6. The fourth-order valence-electron chi connectivity index (χ4n) is 2.68. The lowest BCUT2D eigenvalue weighted by atomic mass is 10.1. The first-order valence-electron chi connectivity index (χ1n) is 8.80. The average Bonchev–Trinajstić information content (AvgIpc) is 2.68. The molecule has 0 aliphatic rings. The number of carbonyl (C=O) groups excluding carboxylic acids is 2. The van der Waals surface area contributed by atoms with Gasteiger partial charge in [-0.1, -0.05) is 36.4 Å². The van der Waals surface area contributed by atoms with Crippen molar-refractivity contribution in [1.29, 1.82) is 0 Å². The van der Waals surface area contributed by atoms with Gasteiger partial charge in [-0.25, -0.2) is 4.79 Å². The number of fused-ring (bicyclic) bond motifs is 1. The van der Waals surface area contributed by atoms with Gasteiger partial charge in [0, 0.05) is 5.69 Å². The molecule has 138 valence electrons. The summed E-state index contributed by atoms with van der Waals surface area (Å²) in [6.07, 6.45) is -0.697. The Morgan fingerprint density at radius 2 is 1.74 bits per heavy atom. The Hall–Kier alpha value is -3.34. The van der Waals surface area contributed by atoms with Crippen LogP contribution in [-0.4, -0.2) is 24.6 Å². The van der Waals surface area contributed by atoms with Gasteiger partial charge < -0.3 is 14.8 Å². The second kappa shape index (κ2) is 8.36. The number of ether oxygens (including phenoxy) is 2. The molecule has 3 aromatic carbocycles. The molecule has 5 nitrogen and oxygen atoms in total. The van der Waals surface area contributed by atoms with Crippen LogP contribution in [0, 0.1) is 0 Å². The van der Waals surface area contributed by atoms with Crippen molar-refractivity contribution in [3.63, 3.8) is 0 Å². The maximum atomic E-state index is 12.4. The quantitative estimate of drug-likeness (QED) is 0.658. The molecule has 0 fully saturated rings. The number of hydrogen-bond donors (Lipinski definition) is 1. The van der Waals surface area contributed by atoms with Crippen LogP contribution in [0.4, 0.5) is 5.69 Å². The molecule has 5 heteroatoms. The lowest BCUT2D eigenvalue weighted by molar-refractivity contribution is -0.122. The molecule has 27 heavy (non-hydrogen) atoms. The number of hydrogen-bond acceptors (Lipinski definition) is 4. The molecule has 0 heterocycles. The number of esters is 1. The fourth-order valence-corrected chi connectivity index (χ4v) is 2.68. The summed E-state index contributed by atoms with van der Waals surface area (Å²) in [6.45, 7) is 3.72. The first kappa shape index (κ1) is 18.5. The van der Waals surface area contributed by atoms with E-state index in [1.54, 1.807) is 38.1 Å². The van der Waals surface area contributed by atoms with Crippen LogP contribution in [0.25, 0.3) is 10.8 Å². The Bertz CT molecular complexity index is 967. The van der Waals surface area contributed by atoms with Crippen LogP contribution in [0.5, 0.6) is 5.75 Å². The van der Waals surface area contributed by atoms with Crippen LogP contribution in [0.3, 0.4) is 0 Å². The number of amides is 1. The Morgan fingerprint density at radius 3 is 2.52 bits per heavy atom. The van der Waals surface area contributed by atoms with Gasteiger partial charge in [0.15, 0.2) is 6.10 Å². The molecule has 0 radical (unpaired) electrons. The minimum absolute atomic E-state index is 0.298. The molecule has 3 aromatic rings. The molecular weight excluding hydrogens is 342 g/mol. The minimum atomic E-state index is -0.697. The van der Waals surface area contributed by atoms with Crippen LogP contribution in [0.15, 0.2) is 66.7 Å². The summed E-state index contributed by atoms with van der Waals surface area (Å²) in [5, 5.41) is 4.92. The highest BCUT2D eigenvalue weighted by molar-refractivity contribution is 5.96. The smallest absolute Gasteiger partial charge is 0.338 e. The Kier molecular flexibility index (Phi) is 5.71. The van der Waals surface area contributed by atoms with Crippen molar-refractivity contribution in [2.75, 3.05) is 11.9 Å². The van der Waals surface area contributed by atoms with Crippen molar-refractivity contribution >= 4 is 28.3 Å². The Morgan fingerprint density at radius 1 is 0.963 bits per heavy atom. The molecule has 0 unspecified atom stereocenters. The summed E-state index contributed by atoms with van der Waals surface area (Å²) in [5.41, 5.74) is 0.900. The highest BCUT2D eigenvalue weighted by Crippen LogP contribution is 2.22. The van der Waals surface area contributed by atoms with Crippen LogP contribution >= 0.6 is 0 Å². The van der Waals surface area contributed by atoms with Crippen molar-refractivity contribution in [2.24, 2.45) is 0 Å². The van der Waals surface area contributed by atoms with Gasteiger partial charge in [-0.2, -0.15) is 0 Å². The number of carbonyl (C=O) groups is 2. The fraction of sp³-hybridized carbons (Fsp3) is 0.182. The van der Waals surface area contributed by atoms with Gasteiger partial charge >= 0.3 is 5.97 Å². The Labute approximate surface area is 157 Å². The predicted octanol–water partition coefficient (Wildman–Crippen LogP) is 4.42. The maximum absolute atomic E-state index is 12.4. The molecule has 0 bridgehead atoms. The van der Waals surface area contributed by atoms with Gasteiger partial charge in [0.25, 0.3) is 5.91 Å². The molecular formula is C22H21NO4. The van der Waals surface area contributed by atoms with Gasteiger partial charge in [0.05, 0.1) is 12.2 Å². The SMILES string of the molecule is CCOC(=O)c1cccc(NC(=O)[C@@H](C)Oc2ccc3ccccc3c2)c1. The van der Waals surface area contributed by atoms with Gasteiger partial charge in [-0.3, -0.25) is 4.79 Å². The standard InChI is InChI=1S/C22H21NO4/c1-3-26-22(25)18-9-6-10-19(13-18)23-21(24)15(2)27-20-12-11-16-7-4-5-8-17(16)14-20/h4-15H,3H2,1-2H3,(H,23,24)/t15-/m1/s1. The van der Waals surface area contributed by atoms with Crippen LogP contribution in [0.2, 0.25) is 0 Å². The van der Waals surface area contributed by atoms with Gasteiger partial charge in [-0.05, 0) is 55.0 Å². The van der Waals surface area contributed by atoms with E-state index in [1.807, 2.05) is 42.5 Å². The first-order chi connectivity index (χ1) is 13.1. The lowest BCUT2D eigenvalue weighted by Crippen LogP contribution is -2.30. The molecule has 1 atom stereocenters. The van der Waals surface area contributed by atoms with Gasteiger partial charge in [0.2, 0.25) is 0 Å². The van der Waals surface area contributed by atoms with E-state index in [2.05, 4.69) is 5.32 Å². The van der Waals surface area contributed by atoms with E-state index in [-0.39, 0.29) is 5.91 Å². The molecule has 1 N–H and O–H groups in total. The van der Waals surface area contributed by atoms with Gasteiger partial charge in [-0.15, -0.1) is 0 Å². The van der Waals surface area contributed by atoms with Crippen molar-refractivity contribution in [3.8, 4) is 5.75 Å². The van der Waals surface area contributed by atoms with E-state index < -0.39 is 12.1 Å². The molecule has 0 saturated carbocycles. The maximum Gasteiger partial charge on any atom is 0.338 e. The monoisotopic (exact) mass is 363 g/mol. The minimum Gasteiger partial charge on any atom is -0.481 e. The van der Waals surface area contributed by atoms with Crippen molar-refractivity contribution in [1.82, 2.24) is 0 Å². The van der Waals surface area contributed by atoms with Gasteiger partial charge in [0.1, 0.15) is 5.75 Å². The summed E-state index contributed by atoms with van der Waals surface area (Å²) in [6, 6.07) is 20.3. The number of benzene rings is 3. The van der Waals surface area contributed by atoms with Crippen molar-refractivity contribution in [2.45, 2.75) is 20.0 Å².